The van der Waals surface area contributed by atoms with Crippen LogP contribution in [0.25, 0.3) is 0 Å². The number of ether oxygens (including phenoxy) is 2. The molecule has 13 heavy (non-hydrogen) atoms. The second kappa shape index (κ2) is 5.69. The van der Waals surface area contributed by atoms with Gasteiger partial charge in [-0.15, -0.1) is 0 Å². The van der Waals surface area contributed by atoms with Crippen molar-refractivity contribution >= 4 is 0 Å². The van der Waals surface area contributed by atoms with E-state index >= 15 is 0 Å². The molecule has 5 heteroatoms. The van der Waals surface area contributed by atoms with Crippen molar-refractivity contribution in [1.29, 1.82) is 0 Å². The molecular weight excluding hydrogens is 170 g/mol. The standard InChI is InChI=1S/C8H15N3O2/c1-12-8(13-2)6-9-3-7-4-10-11-5-7/h4-5,8-9H,3,6H2,1-2H3,(H,10,11). The lowest BCUT2D eigenvalue weighted by molar-refractivity contribution is -0.0989. The average molecular weight is 185 g/mol. The zero-order valence-electron chi connectivity index (χ0n) is 7.91. The van der Waals surface area contributed by atoms with Crippen molar-refractivity contribution < 1.29 is 9.47 Å². The molecule has 0 saturated heterocycles. The SMILES string of the molecule is COC(CNCc1cn[nH]c1)OC. The van der Waals surface area contributed by atoms with E-state index in [9.17, 15) is 0 Å². The molecule has 0 aliphatic rings. The van der Waals surface area contributed by atoms with Crippen LogP contribution in [0.1, 0.15) is 5.56 Å². The number of nitrogens with zero attached hydrogens (tertiary/aromatic N) is 1. The average Bonchev–Trinajstić information content (AvgIpc) is 2.65. The van der Waals surface area contributed by atoms with Crippen LogP contribution in [0.3, 0.4) is 0 Å². The molecule has 0 saturated carbocycles. The van der Waals surface area contributed by atoms with Gasteiger partial charge in [0, 0.05) is 39.1 Å². The molecule has 0 aliphatic carbocycles. The summed E-state index contributed by atoms with van der Waals surface area (Å²) in [6, 6.07) is 0. The molecule has 0 aliphatic heterocycles. The van der Waals surface area contributed by atoms with Crippen molar-refractivity contribution in [3.63, 3.8) is 0 Å². The van der Waals surface area contributed by atoms with E-state index in [4.69, 9.17) is 9.47 Å². The summed E-state index contributed by atoms with van der Waals surface area (Å²) in [5.74, 6) is 0. The van der Waals surface area contributed by atoms with Crippen LogP contribution < -0.4 is 5.32 Å². The monoisotopic (exact) mass is 185 g/mol. The fourth-order valence-electron chi connectivity index (χ4n) is 0.972. The predicted molar refractivity (Wildman–Crippen MR) is 48.1 cm³/mol. The molecule has 1 heterocycles. The Morgan fingerprint density at radius 1 is 1.54 bits per heavy atom. The summed E-state index contributed by atoms with van der Waals surface area (Å²) < 4.78 is 10.0. The van der Waals surface area contributed by atoms with Gasteiger partial charge in [0.25, 0.3) is 0 Å². The normalized spacial score (nSPS) is 11.0. The number of nitrogens with one attached hydrogen (secondary N) is 2. The first-order valence-corrected chi connectivity index (χ1v) is 4.10. The summed E-state index contributed by atoms with van der Waals surface area (Å²) in [5.41, 5.74) is 1.12. The Hall–Kier alpha value is -0.910. The molecule has 1 aromatic heterocycles. The highest BCUT2D eigenvalue weighted by molar-refractivity contribution is 5.01. The Morgan fingerprint density at radius 2 is 2.31 bits per heavy atom. The van der Waals surface area contributed by atoms with Crippen LogP contribution in [-0.2, 0) is 16.0 Å². The number of hydrogen-bond donors (Lipinski definition) is 2. The van der Waals surface area contributed by atoms with Crippen LogP contribution in [0.2, 0.25) is 0 Å². The van der Waals surface area contributed by atoms with E-state index < -0.39 is 0 Å². The molecular formula is C8H15N3O2. The van der Waals surface area contributed by atoms with Gasteiger partial charge in [-0.2, -0.15) is 5.10 Å². The van der Waals surface area contributed by atoms with Gasteiger partial charge in [-0.3, -0.25) is 5.10 Å². The molecule has 0 bridgehead atoms. The predicted octanol–water partition coefficient (Wildman–Crippen LogP) is 0.118. The zero-order valence-corrected chi connectivity index (χ0v) is 7.91. The first-order chi connectivity index (χ1) is 6.36. The van der Waals surface area contributed by atoms with Gasteiger partial charge in [0.15, 0.2) is 6.29 Å². The third-order valence-electron chi connectivity index (χ3n) is 1.72. The molecule has 0 amide bonds. The molecule has 0 spiro atoms. The molecule has 0 radical (unpaired) electrons. The molecule has 0 atom stereocenters. The van der Waals surface area contributed by atoms with Crippen molar-refractivity contribution in [3.8, 4) is 0 Å². The smallest absolute Gasteiger partial charge is 0.169 e. The fourth-order valence-corrected chi connectivity index (χ4v) is 0.972. The van der Waals surface area contributed by atoms with Crippen molar-refractivity contribution in [2.45, 2.75) is 12.8 Å². The van der Waals surface area contributed by atoms with Crippen molar-refractivity contribution in [3.05, 3.63) is 18.0 Å². The second-order valence-electron chi connectivity index (χ2n) is 2.64. The van der Waals surface area contributed by atoms with E-state index in [2.05, 4.69) is 15.5 Å². The summed E-state index contributed by atoms with van der Waals surface area (Å²) in [6.07, 6.45) is 3.44. The third-order valence-corrected chi connectivity index (χ3v) is 1.72. The highest BCUT2D eigenvalue weighted by Gasteiger charge is 2.03. The second-order valence-corrected chi connectivity index (χ2v) is 2.64. The van der Waals surface area contributed by atoms with Gasteiger partial charge >= 0.3 is 0 Å². The van der Waals surface area contributed by atoms with Gasteiger partial charge in [0.1, 0.15) is 0 Å². The van der Waals surface area contributed by atoms with Gasteiger partial charge in [-0.1, -0.05) is 0 Å². The number of hydrogen-bond acceptors (Lipinski definition) is 4. The Kier molecular flexibility index (Phi) is 4.45. The largest absolute Gasteiger partial charge is 0.355 e. The molecule has 0 aromatic carbocycles. The van der Waals surface area contributed by atoms with Crippen LogP contribution >= 0.6 is 0 Å². The van der Waals surface area contributed by atoms with Crippen LogP contribution in [0, 0.1) is 0 Å². The molecule has 1 rings (SSSR count). The summed E-state index contributed by atoms with van der Waals surface area (Å²) in [7, 11) is 3.24. The zero-order chi connectivity index (χ0) is 9.52. The number of aromatic amines is 1. The lowest BCUT2D eigenvalue weighted by atomic mass is 10.3. The minimum Gasteiger partial charge on any atom is -0.355 e. The number of H-pyrrole nitrogens is 1. The Bertz CT molecular complexity index is 209. The van der Waals surface area contributed by atoms with Crippen molar-refractivity contribution in [2.24, 2.45) is 0 Å². The summed E-state index contributed by atoms with van der Waals surface area (Å²) in [6.45, 7) is 1.43. The maximum atomic E-state index is 5.01. The fraction of sp³-hybridized carbons (Fsp3) is 0.625. The van der Waals surface area contributed by atoms with Gasteiger partial charge in [0.05, 0.1) is 6.20 Å². The van der Waals surface area contributed by atoms with Crippen molar-refractivity contribution in [1.82, 2.24) is 15.5 Å². The lowest BCUT2D eigenvalue weighted by Gasteiger charge is -2.13. The maximum absolute atomic E-state index is 5.01. The Labute approximate surface area is 77.4 Å². The molecule has 0 unspecified atom stereocenters. The number of rotatable bonds is 6. The van der Waals surface area contributed by atoms with E-state index in [1.165, 1.54) is 0 Å². The Balaban J connectivity index is 2.13. The number of methoxy groups -OCH3 is 2. The topological polar surface area (TPSA) is 59.2 Å². The molecule has 0 fully saturated rings. The van der Waals surface area contributed by atoms with Gasteiger partial charge in [-0.25, -0.2) is 0 Å². The minimum atomic E-state index is -0.188. The molecule has 1 aromatic rings. The number of aromatic nitrogens is 2. The van der Waals surface area contributed by atoms with Gasteiger partial charge < -0.3 is 14.8 Å². The van der Waals surface area contributed by atoms with Crippen LogP contribution in [0.15, 0.2) is 12.4 Å². The highest BCUT2D eigenvalue weighted by Crippen LogP contribution is 1.93. The first kappa shape index (κ1) is 10.2. The summed E-state index contributed by atoms with van der Waals surface area (Å²) in [5, 5.41) is 9.76. The van der Waals surface area contributed by atoms with E-state index in [1.54, 1.807) is 20.4 Å². The minimum absolute atomic E-state index is 0.188. The van der Waals surface area contributed by atoms with E-state index in [0.717, 1.165) is 12.1 Å². The van der Waals surface area contributed by atoms with E-state index in [0.29, 0.717) is 6.54 Å². The highest BCUT2D eigenvalue weighted by atomic mass is 16.7. The maximum Gasteiger partial charge on any atom is 0.169 e. The summed E-state index contributed by atoms with van der Waals surface area (Å²) >= 11 is 0. The molecule has 2 N–H and O–H groups in total. The van der Waals surface area contributed by atoms with Crippen molar-refractivity contribution in [2.75, 3.05) is 20.8 Å². The van der Waals surface area contributed by atoms with Crippen LogP contribution in [0.4, 0.5) is 0 Å². The Morgan fingerprint density at radius 3 is 2.85 bits per heavy atom. The lowest BCUT2D eigenvalue weighted by Crippen LogP contribution is -2.29. The quantitative estimate of drug-likeness (QED) is 0.618. The van der Waals surface area contributed by atoms with Crippen LogP contribution in [0.5, 0.6) is 0 Å². The van der Waals surface area contributed by atoms with Crippen LogP contribution in [-0.4, -0.2) is 37.3 Å². The molecule has 74 valence electrons. The first-order valence-electron chi connectivity index (χ1n) is 4.10. The van der Waals surface area contributed by atoms with Gasteiger partial charge in [-0.05, 0) is 0 Å². The molecule has 5 nitrogen and oxygen atoms in total. The van der Waals surface area contributed by atoms with E-state index in [1.807, 2.05) is 6.20 Å². The van der Waals surface area contributed by atoms with Gasteiger partial charge in [0.2, 0.25) is 0 Å². The summed E-state index contributed by atoms with van der Waals surface area (Å²) in [4.78, 5) is 0. The third kappa shape index (κ3) is 3.54. The van der Waals surface area contributed by atoms with E-state index in [-0.39, 0.29) is 6.29 Å².